The Morgan fingerprint density at radius 3 is 2.58 bits per heavy atom. The molecule has 1 unspecified atom stereocenters. The third-order valence-electron chi connectivity index (χ3n) is 5.86. The van der Waals surface area contributed by atoms with E-state index in [9.17, 15) is 0 Å². The molecule has 128 valence electrons. The molecule has 2 nitrogen and oxygen atoms in total. The van der Waals surface area contributed by atoms with Crippen molar-refractivity contribution >= 4 is 10.8 Å². The van der Waals surface area contributed by atoms with Crippen molar-refractivity contribution < 1.29 is 4.74 Å². The number of hydrogen-bond donors (Lipinski definition) is 0. The third kappa shape index (κ3) is 3.50. The van der Waals surface area contributed by atoms with Gasteiger partial charge in [-0.15, -0.1) is 0 Å². The molecular formula is C22H29NO. The Kier molecular flexibility index (Phi) is 5.15. The van der Waals surface area contributed by atoms with Gasteiger partial charge < -0.3 is 4.74 Å². The summed E-state index contributed by atoms with van der Waals surface area (Å²) >= 11 is 0. The molecule has 2 atom stereocenters. The summed E-state index contributed by atoms with van der Waals surface area (Å²) in [6, 6.07) is 16.0. The highest BCUT2D eigenvalue weighted by atomic mass is 16.5. The number of likely N-dealkylation sites (tertiary alicyclic amines) is 1. The fraction of sp³-hybridized carbons (Fsp3) is 0.545. The molecule has 0 N–H and O–H groups in total. The van der Waals surface area contributed by atoms with Gasteiger partial charge in [0.05, 0.1) is 12.7 Å². The SMILES string of the molecule is c1ccc2c(CCO[C@H]3CCCCC3N3CCCC3)cccc2c1. The highest BCUT2D eigenvalue weighted by molar-refractivity contribution is 5.85. The molecule has 0 radical (unpaired) electrons. The normalized spacial score (nSPS) is 25.3. The van der Waals surface area contributed by atoms with E-state index < -0.39 is 0 Å². The van der Waals surface area contributed by atoms with Gasteiger partial charge in [-0.2, -0.15) is 0 Å². The van der Waals surface area contributed by atoms with Crippen molar-refractivity contribution in [2.24, 2.45) is 0 Å². The van der Waals surface area contributed by atoms with E-state index in [1.807, 2.05) is 0 Å². The molecule has 1 aliphatic carbocycles. The zero-order chi connectivity index (χ0) is 16.2. The summed E-state index contributed by atoms with van der Waals surface area (Å²) in [4.78, 5) is 2.70. The first-order valence-electron chi connectivity index (χ1n) is 9.74. The lowest BCUT2D eigenvalue weighted by Crippen LogP contribution is -2.45. The molecule has 0 aromatic heterocycles. The van der Waals surface area contributed by atoms with Crippen molar-refractivity contribution in [3.8, 4) is 0 Å². The average Bonchev–Trinajstić information content (AvgIpc) is 3.17. The molecule has 2 heteroatoms. The van der Waals surface area contributed by atoms with Crippen LogP contribution in [0.15, 0.2) is 42.5 Å². The molecular weight excluding hydrogens is 294 g/mol. The fourth-order valence-electron chi connectivity index (χ4n) is 4.59. The van der Waals surface area contributed by atoms with Crippen LogP contribution in [-0.2, 0) is 11.2 Å². The first-order chi connectivity index (χ1) is 11.9. The number of fused-ring (bicyclic) bond motifs is 1. The van der Waals surface area contributed by atoms with Crippen molar-refractivity contribution in [2.75, 3.05) is 19.7 Å². The van der Waals surface area contributed by atoms with Crippen molar-refractivity contribution in [3.05, 3.63) is 48.0 Å². The minimum atomic E-state index is 0.451. The van der Waals surface area contributed by atoms with Crippen LogP contribution in [0.25, 0.3) is 10.8 Å². The van der Waals surface area contributed by atoms with E-state index in [2.05, 4.69) is 47.4 Å². The lowest BCUT2D eigenvalue weighted by atomic mass is 9.91. The summed E-state index contributed by atoms with van der Waals surface area (Å²) in [5.74, 6) is 0. The monoisotopic (exact) mass is 323 g/mol. The van der Waals surface area contributed by atoms with Crippen LogP contribution in [0, 0.1) is 0 Å². The summed E-state index contributed by atoms with van der Waals surface area (Å²) in [7, 11) is 0. The van der Waals surface area contributed by atoms with Gasteiger partial charge in [0.1, 0.15) is 0 Å². The molecule has 0 bridgehead atoms. The van der Waals surface area contributed by atoms with Crippen molar-refractivity contribution in [2.45, 2.75) is 57.1 Å². The van der Waals surface area contributed by atoms with Crippen molar-refractivity contribution in [3.63, 3.8) is 0 Å². The van der Waals surface area contributed by atoms with Crippen molar-refractivity contribution in [1.29, 1.82) is 0 Å². The molecule has 4 rings (SSSR count). The molecule has 0 spiro atoms. The van der Waals surface area contributed by atoms with E-state index in [1.54, 1.807) is 0 Å². The molecule has 2 aromatic carbocycles. The van der Waals surface area contributed by atoms with Gasteiger partial charge in [-0.25, -0.2) is 0 Å². The standard InChI is InChI=1S/C22H29NO/c1-2-11-20-18(8-1)9-7-10-19(20)14-17-24-22-13-4-3-12-21(22)23-15-5-6-16-23/h1-2,7-11,21-22H,3-6,12-17H2/t21?,22-/m0/s1. The second kappa shape index (κ2) is 7.67. The second-order valence-electron chi connectivity index (χ2n) is 7.39. The van der Waals surface area contributed by atoms with Crippen LogP contribution in [0.5, 0.6) is 0 Å². The zero-order valence-electron chi connectivity index (χ0n) is 14.6. The number of rotatable bonds is 5. The van der Waals surface area contributed by atoms with Gasteiger partial charge in [-0.1, -0.05) is 55.3 Å². The Morgan fingerprint density at radius 1 is 0.875 bits per heavy atom. The Balaban J connectivity index is 1.38. The van der Waals surface area contributed by atoms with E-state index in [0.717, 1.165) is 13.0 Å². The van der Waals surface area contributed by atoms with Gasteiger partial charge in [0.25, 0.3) is 0 Å². The summed E-state index contributed by atoms with van der Waals surface area (Å²) < 4.78 is 6.42. The largest absolute Gasteiger partial charge is 0.376 e. The van der Waals surface area contributed by atoms with Crippen LogP contribution in [0.1, 0.15) is 44.1 Å². The van der Waals surface area contributed by atoms with E-state index in [0.29, 0.717) is 12.1 Å². The quantitative estimate of drug-likeness (QED) is 0.783. The van der Waals surface area contributed by atoms with E-state index >= 15 is 0 Å². The highest BCUT2D eigenvalue weighted by Crippen LogP contribution is 2.28. The topological polar surface area (TPSA) is 12.5 Å². The maximum atomic E-state index is 6.42. The maximum Gasteiger partial charge on any atom is 0.0730 e. The Morgan fingerprint density at radius 2 is 1.67 bits per heavy atom. The average molecular weight is 323 g/mol. The number of ether oxygens (including phenoxy) is 1. The van der Waals surface area contributed by atoms with E-state index in [4.69, 9.17) is 4.74 Å². The van der Waals surface area contributed by atoms with Crippen LogP contribution in [0.3, 0.4) is 0 Å². The molecule has 0 amide bonds. The molecule has 1 heterocycles. The summed E-state index contributed by atoms with van der Waals surface area (Å²) in [5, 5.41) is 2.71. The van der Waals surface area contributed by atoms with Gasteiger partial charge in [0.15, 0.2) is 0 Å². The fourth-order valence-corrected chi connectivity index (χ4v) is 4.59. The molecule has 2 fully saturated rings. The van der Waals surface area contributed by atoms with Crippen molar-refractivity contribution in [1.82, 2.24) is 4.90 Å². The summed E-state index contributed by atoms with van der Waals surface area (Å²) in [6.07, 6.45) is 9.51. The molecule has 2 aromatic rings. The van der Waals surface area contributed by atoms with Gasteiger partial charge in [-0.3, -0.25) is 4.90 Å². The first-order valence-corrected chi connectivity index (χ1v) is 9.74. The minimum Gasteiger partial charge on any atom is -0.376 e. The number of hydrogen-bond acceptors (Lipinski definition) is 2. The predicted octanol–water partition coefficient (Wildman–Crippen LogP) is 4.81. The second-order valence-corrected chi connectivity index (χ2v) is 7.39. The molecule has 24 heavy (non-hydrogen) atoms. The molecule has 1 saturated carbocycles. The molecule has 1 aliphatic heterocycles. The minimum absolute atomic E-state index is 0.451. The van der Waals surface area contributed by atoms with Gasteiger partial charge in [0, 0.05) is 6.04 Å². The number of nitrogens with zero attached hydrogens (tertiary/aromatic N) is 1. The third-order valence-corrected chi connectivity index (χ3v) is 5.86. The summed E-state index contributed by atoms with van der Waals surface area (Å²) in [5.41, 5.74) is 1.42. The van der Waals surface area contributed by atoms with E-state index in [1.165, 1.54) is 68.0 Å². The molecule has 2 aliphatic rings. The lowest BCUT2D eigenvalue weighted by molar-refractivity contribution is -0.0289. The first kappa shape index (κ1) is 16.1. The van der Waals surface area contributed by atoms with E-state index in [-0.39, 0.29) is 0 Å². The van der Waals surface area contributed by atoms with Crippen LogP contribution >= 0.6 is 0 Å². The molecule has 1 saturated heterocycles. The lowest BCUT2D eigenvalue weighted by Gasteiger charge is -2.37. The van der Waals surface area contributed by atoms with Crippen LogP contribution in [0.4, 0.5) is 0 Å². The van der Waals surface area contributed by atoms with Gasteiger partial charge in [0.2, 0.25) is 0 Å². The predicted molar refractivity (Wildman–Crippen MR) is 100 cm³/mol. The van der Waals surface area contributed by atoms with Gasteiger partial charge in [-0.05, 0) is 61.5 Å². The summed E-state index contributed by atoms with van der Waals surface area (Å²) in [6.45, 7) is 3.42. The zero-order valence-corrected chi connectivity index (χ0v) is 14.6. The Bertz CT molecular complexity index is 657. The van der Waals surface area contributed by atoms with Crippen LogP contribution < -0.4 is 0 Å². The van der Waals surface area contributed by atoms with Crippen LogP contribution in [-0.4, -0.2) is 36.7 Å². The Labute approximate surface area is 145 Å². The van der Waals surface area contributed by atoms with Crippen LogP contribution in [0.2, 0.25) is 0 Å². The van der Waals surface area contributed by atoms with Gasteiger partial charge >= 0.3 is 0 Å². The Hall–Kier alpha value is -1.38. The number of benzene rings is 2. The maximum absolute atomic E-state index is 6.42. The highest BCUT2D eigenvalue weighted by Gasteiger charge is 2.31. The smallest absolute Gasteiger partial charge is 0.0730 e.